The number of aromatic nitrogens is 2. The molecule has 1 N–H and O–H groups in total. The average Bonchev–Trinajstić information content (AvgIpc) is 2.75. The standard InChI is InChI=1S/C11H16ClN3O/c1-8-10(7-13-14-8)11(16)15-4-2-9(6-12)3-5-15/h7,9H,2-6H2,1H3,(H,13,14). The van der Waals surface area contributed by atoms with Crippen LogP contribution in [0.2, 0.25) is 0 Å². The van der Waals surface area contributed by atoms with Crippen molar-refractivity contribution in [3.8, 4) is 0 Å². The Labute approximate surface area is 100.0 Å². The molecule has 1 saturated heterocycles. The third kappa shape index (κ3) is 2.21. The fourth-order valence-electron chi connectivity index (χ4n) is 2.03. The van der Waals surface area contributed by atoms with Crippen LogP contribution in [0.4, 0.5) is 0 Å². The van der Waals surface area contributed by atoms with Crippen LogP contribution in [0.3, 0.4) is 0 Å². The lowest BCUT2D eigenvalue weighted by Crippen LogP contribution is -2.38. The summed E-state index contributed by atoms with van der Waals surface area (Å²) in [5.74, 6) is 1.35. The van der Waals surface area contributed by atoms with Crippen LogP contribution in [0.1, 0.15) is 28.9 Å². The molecule has 88 valence electrons. The smallest absolute Gasteiger partial charge is 0.257 e. The maximum atomic E-state index is 12.1. The highest BCUT2D eigenvalue weighted by molar-refractivity contribution is 6.18. The van der Waals surface area contributed by atoms with Gasteiger partial charge in [0.1, 0.15) is 0 Å². The highest BCUT2D eigenvalue weighted by Crippen LogP contribution is 2.20. The van der Waals surface area contributed by atoms with Crippen molar-refractivity contribution in [1.29, 1.82) is 0 Å². The molecule has 2 heterocycles. The first-order valence-corrected chi connectivity index (χ1v) is 6.11. The van der Waals surface area contributed by atoms with Gasteiger partial charge in [0.25, 0.3) is 5.91 Å². The number of carbonyl (C=O) groups is 1. The number of nitrogens with one attached hydrogen (secondary N) is 1. The Morgan fingerprint density at radius 3 is 2.81 bits per heavy atom. The molecule has 1 fully saturated rings. The third-order valence-electron chi connectivity index (χ3n) is 3.18. The lowest BCUT2D eigenvalue weighted by molar-refractivity contribution is 0.0697. The number of carbonyl (C=O) groups excluding carboxylic acids is 1. The second-order valence-electron chi connectivity index (χ2n) is 4.30. The van der Waals surface area contributed by atoms with Crippen LogP contribution >= 0.6 is 11.6 Å². The Bertz CT molecular complexity index is 369. The second-order valence-corrected chi connectivity index (χ2v) is 4.61. The molecule has 0 bridgehead atoms. The normalized spacial score (nSPS) is 17.8. The van der Waals surface area contributed by atoms with Crippen LogP contribution in [0, 0.1) is 12.8 Å². The molecule has 0 aliphatic carbocycles. The Hall–Kier alpha value is -1.03. The van der Waals surface area contributed by atoms with Gasteiger partial charge in [-0.3, -0.25) is 9.89 Å². The largest absolute Gasteiger partial charge is 0.339 e. The molecular formula is C11H16ClN3O. The zero-order valence-corrected chi connectivity index (χ0v) is 10.1. The van der Waals surface area contributed by atoms with E-state index in [0.29, 0.717) is 17.4 Å². The maximum absolute atomic E-state index is 12.1. The first-order chi connectivity index (χ1) is 7.72. The van der Waals surface area contributed by atoms with Gasteiger partial charge in [-0.2, -0.15) is 5.10 Å². The topological polar surface area (TPSA) is 49.0 Å². The Morgan fingerprint density at radius 1 is 1.62 bits per heavy atom. The first kappa shape index (κ1) is 11.5. The highest BCUT2D eigenvalue weighted by atomic mass is 35.5. The van der Waals surface area contributed by atoms with Crippen molar-refractivity contribution in [2.24, 2.45) is 5.92 Å². The van der Waals surface area contributed by atoms with E-state index in [0.717, 1.165) is 31.6 Å². The first-order valence-electron chi connectivity index (χ1n) is 5.57. The number of likely N-dealkylation sites (tertiary alicyclic amines) is 1. The summed E-state index contributed by atoms with van der Waals surface area (Å²) >= 11 is 5.81. The van der Waals surface area contributed by atoms with Crippen molar-refractivity contribution in [1.82, 2.24) is 15.1 Å². The molecule has 2 rings (SSSR count). The van der Waals surface area contributed by atoms with Crippen molar-refractivity contribution in [2.75, 3.05) is 19.0 Å². The fourth-order valence-corrected chi connectivity index (χ4v) is 2.34. The molecule has 0 aromatic carbocycles. The molecule has 4 nitrogen and oxygen atoms in total. The Balaban J connectivity index is 2.00. The number of piperidine rings is 1. The zero-order chi connectivity index (χ0) is 11.5. The molecule has 16 heavy (non-hydrogen) atoms. The molecule has 5 heteroatoms. The summed E-state index contributed by atoms with van der Waals surface area (Å²) in [6.45, 7) is 3.48. The third-order valence-corrected chi connectivity index (χ3v) is 3.62. The van der Waals surface area contributed by atoms with Crippen molar-refractivity contribution in [3.63, 3.8) is 0 Å². The van der Waals surface area contributed by atoms with E-state index < -0.39 is 0 Å². The molecule has 1 aliphatic heterocycles. The van der Waals surface area contributed by atoms with E-state index in [2.05, 4.69) is 10.2 Å². The SMILES string of the molecule is Cc1[nH]ncc1C(=O)N1CCC(CCl)CC1. The van der Waals surface area contributed by atoms with Gasteiger partial charge < -0.3 is 4.90 Å². The van der Waals surface area contributed by atoms with Crippen LogP contribution in [0.5, 0.6) is 0 Å². The minimum atomic E-state index is 0.0827. The predicted octanol–water partition coefficient (Wildman–Crippen LogP) is 1.81. The maximum Gasteiger partial charge on any atom is 0.257 e. The molecular weight excluding hydrogens is 226 g/mol. The van der Waals surface area contributed by atoms with Gasteiger partial charge in [0.15, 0.2) is 0 Å². The lowest BCUT2D eigenvalue weighted by atomic mass is 9.98. The van der Waals surface area contributed by atoms with Crippen LogP contribution < -0.4 is 0 Å². The molecule has 0 radical (unpaired) electrons. The summed E-state index contributed by atoms with van der Waals surface area (Å²) in [6, 6.07) is 0. The van der Waals surface area contributed by atoms with Gasteiger partial charge in [0.2, 0.25) is 0 Å². The highest BCUT2D eigenvalue weighted by Gasteiger charge is 2.24. The number of aryl methyl sites for hydroxylation is 1. The van der Waals surface area contributed by atoms with Crippen LogP contribution in [0.25, 0.3) is 0 Å². The molecule has 1 amide bonds. The predicted molar refractivity (Wildman–Crippen MR) is 62.7 cm³/mol. The lowest BCUT2D eigenvalue weighted by Gasteiger charge is -2.30. The van der Waals surface area contributed by atoms with E-state index >= 15 is 0 Å². The van der Waals surface area contributed by atoms with Gasteiger partial charge in [-0.15, -0.1) is 11.6 Å². The van der Waals surface area contributed by atoms with Crippen LogP contribution in [-0.4, -0.2) is 40.0 Å². The number of H-pyrrole nitrogens is 1. The summed E-state index contributed by atoms with van der Waals surface area (Å²) in [4.78, 5) is 14.0. The molecule has 0 atom stereocenters. The number of hydrogen-bond donors (Lipinski definition) is 1. The van der Waals surface area contributed by atoms with Crippen LogP contribution in [0.15, 0.2) is 6.20 Å². The summed E-state index contributed by atoms with van der Waals surface area (Å²) in [7, 11) is 0. The number of aromatic amines is 1. The van der Waals surface area contributed by atoms with Crippen LogP contribution in [-0.2, 0) is 0 Å². The molecule has 0 spiro atoms. The Kier molecular flexibility index (Phi) is 3.49. The van der Waals surface area contributed by atoms with E-state index in [-0.39, 0.29) is 5.91 Å². The van der Waals surface area contributed by atoms with Crippen molar-refractivity contribution < 1.29 is 4.79 Å². The van der Waals surface area contributed by atoms with Gasteiger partial charge in [0, 0.05) is 24.7 Å². The van der Waals surface area contributed by atoms with E-state index in [1.54, 1.807) is 6.20 Å². The molecule has 0 saturated carbocycles. The van der Waals surface area contributed by atoms with Gasteiger partial charge in [-0.1, -0.05) is 0 Å². The van der Waals surface area contributed by atoms with E-state index in [1.807, 2.05) is 11.8 Å². The summed E-state index contributed by atoms with van der Waals surface area (Å²) < 4.78 is 0. The zero-order valence-electron chi connectivity index (χ0n) is 9.37. The minimum absolute atomic E-state index is 0.0827. The fraction of sp³-hybridized carbons (Fsp3) is 0.636. The van der Waals surface area contributed by atoms with Crippen molar-refractivity contribution in [3.05, 3.63) is 17.5 Å². The number of amides is 1. The van der Waals surface area contributed by atoms with Crippen molar-refractivity contribution in [2.45, 2.75) is 19.8 Å². The number of hydrogen-bond acceptors (Lipinski definition) is 2. The molecule has 1 aromatic rings. The molecule has 1 aliphatic rings. The molecule has 0 unspecified atom stereocenters. The number of nitrogens with zero attached hydrogens (tertiary/aromatic N) is 2. The number of rotatable bonds is 2. The summed E-state index contributed by atoms with van der Waals surface area (Å²) in [5.41, 5.74) is 1.52. The van der Waals surface area contributed by atoms with Gasteiger partial charge in [-0.05, 0) is 25.7 Å². The average molecular weight is 242 g/mol. The van der Waals surface area contributed by atoms with Gasteiger partial charge in [-0.25, -0.2) is 0 Å². The second kappa shape index (κ2) is 4.87. The minimum Gasteiger partial charge on any atom is -0.339 e. The van der Waals surface area contributed by atoms with Gasteiger partial charge in [0.05, 0.1) is 11.8 Å². The summed E-state index contributed by atoms with van der Waals surface area (Å²) in [5, 5.41) is 6.67. The van der Waals surface area contributed by atoms with E-state index in [4.69, 9.17) is 11.6 Å². The summed E-state index contributed by atoms with van der Waals surface area (Å²) in [6.07, 6.45) is 3.61. The number of alkyl halides is 1. The van der Waals surface area contributed by atoms with Crippen molar-refractivity contribution >= 4 is 17.5 Å². The van der Waals surface area contributed by atoms with Gasteiger partial charge >= 0.3 is 0 Å². The number of halogens is 1. The Morgan fingerprint density at radius 2 is 2.31 bits per heavy atom. The monoisotopic (exact) mass is 241 g/mol. The molecule has 1 aromatic heterocycles. The van der Waals surface area contributed by atoms with E-state index in [1.165, 1.54) is 0 Å². The van der Waals surface area contributed by atoms with E-state index in [9.17, 15) is 4.79 Å². The quantitative estimate of drug-likeness (QED) is 0.803.